The zero-order valence-electron chi connectivity index (χ0n) is 13.2. The van der Waals surface area contributed by atoms with Gasteiger partial charge in [-0.2, -0.15) is 0 Å². The number of nitrogens with zero attached hydrogens (tertiary/aromatic N) is 1. The Balaban J connectivity index is 3.02. The number of nitro groups is 1. The Kier molecular flexibility index (Phi) is 6.86. The maximum Gasteiger partial charge on any atom is 0.309 e. The molecule has 0 aliphatic rings. The van der Waals surface area contributed by atoms with Gasteiger partial charge in [-0.05, 0) is 30.2 Å². The quantitative estimate of drug-likeness (QED) is 0.242. The van der Waals surface area contributed by atoms with Crippen LogP contribution < -0.4 is 0 Å². The van der Waals surface area contributed by atoms with E-state index in [1.165, 1.54) is 31.4 Å². The van der Waals surface area contributed by atoms with Crippen LogP contribution >= 0.6 is 0 Å². The molecule has 6 nitrogen and oxygen atoms in total. The molecule has 0 fully saturated rings. The molecule has 122 valence electrons. The topological polar surface area (TPSA) is 86.5 Å². The molecule has 0 saturated heterocycles. The Bertz CT molecular complexity index is 648. The molecule has 0 amide bonds. The molecular formula is C17H19NO5. The summed E-state index contributed by atoms with van der Waals surface area (Å²) in [6.07, 6.45) is 4.90. The van der Waals surface area contributed by atoms with Crippen molar-refractivity contribution in [3.8, 4) is 0 Å². The summed E-state index contributed by atoms with van der Waals surface area (Å²) < 4.78 is 4.54. The molecule has 1 atom stereocenters. The number of ketones is 1. The normalized spacial score (nSPS) is 11.9. The first-order valence-electron chi connectivity index (χ1n) is 7.06. The summed E-state index contributed by atoms with van der Waals surface area (Å²) in [6, 6.07) is 4.42. The summed E-state index contributed by atoms with van der Waals surface area (Å²) in [5.74, 6) is -0.824. The van der Waals surface area contributed by atoms with E-state index in [0.717, 1.165) is 0 Å². The molecular weight excluding hydrogens is 298 g/mol. The zero-order chi connectivity index (χ0) is 17.4. The molecule has 0 saturated carbocycles. The minimum Gasteiger partial charge on any atom is -0.469 e. The fourth-order valence-corrected chi connectivity index (χ4v) is 1.94. The molecule has 0 N–H and O–H groups in total. The summed E-state index contributed by atoms with van der Waals surface area (Å²) >= 11 is 0. The number of carbonyl (C=O) groups excluding carboxylic acids is 2. The van der Waals surface area contributed by atoms with Crippen molar-refractivity contribution >= 4 is 23.5 Å². The summed E-state index contributed by atoms with van der Waals surface area (Å²) in [6.45, 7) is 5.34. The second kappa shape index (κ2) is 8.63. The van der Waals surface area contributed by atoms with Gasteiger partial charge >= 0.3 is 5.97 Å². The van der Waals surface area contributed by atoms with Crippen LogP contribution in [0.25, 0.3) is 6.08 Å². The molecule has 23 heavy (non-hydrogen) atoms. The fraction of sp³-hybridized carbons (Fsp3) is 0.294. The Morgan fingerprint density at radius 1 is 1.43 bits per heavy atom. The van der Waals surface area contributed by atoms with Crippen molar-refractivity contribution in [1.82, 2.24) is 0 Å². The van der Waals surface area contributed by atoms with E-state index in [1.54, 1.807) is 19.1 Å². The third kappa shape index (κ3) is 5.50. The van der Waals surface area contributed by atoms with Crippen molar-refractivity contribution < 1.29 is 19.2 Å². The van der Waals surface area contributed by atoms with Crippen molar-refractivity contribution in [2.75, 3.05) is 7.11 Å². The van der Waals surface area contributed by atoms with Crippen LogP contribution in [-0.2, 0) is 20.7 Å². The van der Waals surface area contributed by atoms with Gasteiger partial charge < -0.3 is 4.74 Å². The van der Waals surface area contributed by atoms with Crippen molar-refractivity contribution in [2.24, 2.45) is 5.92 Å². The SMILES string of the molecule is C=CC[C@H](C)C(=O)/C=C/c1ccc(CC(=O)OC)cc1[N+](=O)[O-]. The first-order chi connectivity index (χ1) is 10.9. The second-order valence-corrected chi connectivity index (χ2v) is 5.06. The maximum atomic E-state index is 11.9. The number of nitro benzene ring substituents is 1. The van der Waals surface area contributed by atoms with Crippen LogP contribution in [0.5, 0.6) is 0 Å². The van der Waals surface area contributed by atoms with E-state index in [9.17, 15) is 19.7 Å². The third-order valence-electron chi connectivity index (χ3n) is 3.30. The molecule has 0 radical (unpaired) electrons. The molecule has 1 aromatic carbocycles. The van der Waals surface area contributed by atoms with E-state index in [4.69, 9.17) is 0 Å². The molecule has 6 heteroatoms. The highest BCUT2D eigenvalue weighted by atomic mass is 16.6. The summed E-state index contributed by atoms with van der Waals surface area (Å²) in [4.78, 5) is 33.7. The highest BCUT2D eigenvalue weighted by Crippen LogP contribution is 2.22. The van der Waals surface area contributed by atoms with Gasteiger partial charge in [-0.15, -0.1) is 6.58 Å². The predicted molar refractivity (Wildman–Crippen MR) is 86.8 cm³/mol. The molecule has 0 aliphatic heterocycles. The van der Waals surface area contributed by atoms with Gasteiger partial charge in [-0.1, -0.05) is 19.1 Å². The van der Waals surface area contributed by atoms with E-state index in [2.05, 4.69) is 11.3 Å². The van der Waals surface area contributed by atoms with Crippen LogP contribution in [0.1, 0.15) is 24.5 Å². The average Bonchev–Trinajstić information content (AvgIpc) is 2.53. The number of hydrogen-bond acceptors (Lipinski definition) is 5. The van der Waals surface area contributed by atoms with E-state index in [1.807, 2.05) is 0 Å². The smallest absolute Gasteiger partial charge is 0.309 e. The monoisotopic (exact) mass is 317 g/mol. The third-order valence-corrected chi connectivity index (χ3v) is 3.30. The summed E-state index contributed by atoms with van der Waals surface area (Å²) in [5.41, 5.74) is 0.627. The predicted octanol–water partition coefficient (Wildman–Crippen LogP) is 3.10. The van der Waals surface area contributed by atoms with Gasteiger partial charge in [0.05, 0.1) is 24.0 Å². The highest BCUT2D eigenvalue weighted by Gasteiger charge is 2.15. The first-order valence-corrected chi connectivity index (χ1v) is 7.06. The van der Waals surface area contributed by atoms with Crippen molar-refractivity contribution in [2.45, 2.75) is 19.8 Å². The largest absolute Gasteiger partial charge is 0.469 e. The van der Waals surface area contributed by atoms with Gasteiger partial charge in [0.2, 0.25) is 0 Å². The molecule has 1 aromatic rings. The van der Waals surface area contributed by atoms with E-state index in [0.29, 0.717) is 17.5 Å². The van der Waals surface area contributed by atoms with E-state index in [-0.39, 0.29) is 23.8 Å². The van der Waals surface area contributed by atoms with E-state index >= 15 is 0 Å². The van der Waals surface area contributed by atoms with Crippen LogP contribution in [0, 0.1) is 16.0 Å². The average molecular weight is 317 g/mol. The minimum absolute atomic E-state index is 0.0450. The van der Waals surface area contributed by atoms with Crippen molar-refractivity contribution in [3.05, 3.63) is 58.2 Å². The number of methoxy groups -OCH3 is 1. The van der Waals surface area contributed by atoms with Gasteiger partial charge in [0, 0.05) is 12.0 Å². The number of ether oxygens (including phenoxy) is 1. The molecule has 0 heterocycles. The Morgan fingerprint density at radius 2 is 2.13 bits per heavy atom. The van der Waals surface area contributed by atoms with Gasteiger partial charge in [-0.25, -0.2) is 0 Å². The lowest BCUT2D eigenvalue weighted by Crippen LogP contribution is -2.06. The molecule has 0 spiro atoms. The highest BCUT2D eigenvalue weighted by molar-refractivity contribution is 5.95. The van der Waals surface area contributed by atoms with Crippen LogP contribution in [0.15, 0.2) is 36.9 Å². The van der Waals surface area contributed by atoms with Crippen LogP contribution in [-0.4, -0.2) is 23.8 Å². The standard InChI is InChI=1S/C17H19NO5/c1-4-5-12(2)16(19)9-8-14-7-6-13(11-17(20)23-3)10-15(14)18(21)22/h4,6-10,12H,1,5,11H2,2-3H3/b9-8+/t12-/m0/s1. The van der Waals surface area contributed by atoms with Crippen molar-refractivity contribution in [3.63, 3.8) is 0 Å². The number of allylic oxidation sites excluding steroid dienone is 2. The van der Waals surface area contributed by atoms with Crippen molar-refractivity contribution in [1.29, 1.82) is 0 Å². The van der Waals surface area contributed by atoms with Crippen LogP contribution in [0.2, 0.25) is 0 Å². The summed E-state index contributed by atoms with van der Waals surface area (Å²) in [7, 11) is 1.25. The lowest BCUT2D eigenvalue weighted by atomic mass is 10.0. The zero-order valence-corrected chi connectivity index (χ0v) is 13.2. The number of carbonyl (C=O) groups is 2. The summed E-state index contributed by atoms with van der Waals surface area (Å²) in [5, 5.41) is 11.2. The lowest BCUT2D eigenvalue weighted by molar-refractivity contribution is -0.385. The van der Waals surface area contributed by atoms with Gasteiger partial charge in [0.15, 0.2) is 5.78 Å². The molecule has 0 aliphatic carbocycles. The van der Waals surface area contributed by atoms with E-state index < -0.39 is 10.9 Å². The molecule has 0 aromatic heterocycles. The Hall–Kier alpha value is -2.76. The maximum absolute atomic E-state index is 11.9. The number of hydrogen-bond donors (Lipinski definition) is 0. The van der Waals surface area contributed by atoms with Gasteiger partial charge in [-0.3, -0.25) is 19.7 Å². The van der Waals surface area contributed by atoms with Gasteiger partial charge in [0.1, 0.15) is 0 Å². The Labute approximate surface area is 134 Å². The number of benzene rings is 1. The molecule has 0 unspecified atom stereocenters. The first kappa shape index (κ1) is 18.3. The minimum atomic E-state index is -0.544. The van der Waals surface area contributed by atoms with Gasteiger partial charge in [0.25, 0.3) is 5.69 Å². The fourth-order valence-electron chi connectivity index (χ4n) is 1.94. The van der Waals surface area contributed by atoms with Crippen LogP contribution in [0.4, 0.5) is 5.69 Å². The molecule has 1 rings (SSSR count). The molecule has 0 bridgehead atoms. The number of esters is 1. The second-order valence-electron chi connectivity index (χ2n) is 5.06. The lowest BCUT2D eigenvalue weighted by Gasteiger charge is -2.04. The number of rotatable bonds is 8. The van der Waals surface area contributed by atoms with Crippen LogP contribution in [0.3, 0.4) is 0 Å². The Morgan fingerprint density at radius 3 is 2.70 bits per heavy atom.